The monoisotopic (exact) mass is 529 g/mol. The maximum atomic E-state index is 14.2. The third-order valence-corrected chi connectivity index (χ3v) is 7.66. The van der Waals surface area contributed by atoms with Gasteiger partial charge < -0.3 is 15.5 Å². The van der Waals surface area contributed by atoms with Gasteiger partial charge in [-0.15, -0.1) is 0 Å². The molecule has 0 unspecified atom stereocenters. The summed E-state index contributed by atoms with van der Waals surface area (Å²) in [4.78, 5) is 28.2. The van der Waals surface area contributed by atoms with Crippen LogP contribution in [0, 0.1) is 5.82 Å². The second-order valence-corrected chi connectivity index (χ2v) is 10.5. The highest BCUT2D eigenvalue weighted by Crippen LogP contribution is 2.25. The largest absolute Gasteiger partial charge is 0.349 e. The molecule has 1 aromatic heterocycles. The van der Waals surface area contributed by atoms with Crippen molar-refractivity contribution in [2.45, 2.75) is 13.8 Å². The molecule has 0 aliphatic rings. The van der Waals surface area contributed by atoms with Gasteiger partial charge in [-0.3, -0.25) is 9.59 Å². The third-order valence-electron chi connectivity index (χ3n) is 5.94. The number of carbonyl (C=O) groups is 2. The van der Waals surface area contributed by atoms with Crippen molar-refractivity contribution < 1.29 is 22.4 Å². The summed E-state index contributed by atoms with van der Waals surface area (Å²) < 4.78 is 42.3. The zero-order chi connectivity index (χ0) is 27.2. The molecule has 0 saturated carbocycles. The van der Waals surface area contributed by atoms with Crippen LogP contribution in [0.5, 0.6) is 0 Å². The molecule has 0 aliphatic carbocycles. The van der Waals surface area contributed by atoms with E-state index < -0.39 is 27.8 Å². The van der Waals surface area contributed by atoms with E-state index in [1.807, 2.05) is 13.8 Å². The molecule has 9 nitrogen and oxygen atoms in total. The number of rotatable bonds is 11. The first kappa shape index (κ1) is 28.0. The minimum absolute atomic E-state index is 0.141. The van der Waals surface area contributed by atoms with Crippen LogP contribution in [0.2, 0.25) is 0 Å². The number of benzene rings is 2. The van der Waals surface area contributed by atoms with Gasteiger partial charge in [0.2, 0.25) is 0 Å². The predicted molar refractivity (Wildman–Crippen MR) is 143 cm³/mol. The molecule has 0 saturated heterocycles. The van der Waals surface area contributed by atoms with E-state index in [-0.39, 0.29) is 11.3 Å². The SMILES string of the molecule is CCN(CC)CCNC(=O)/C(=C/c1cn(S(=O)(=O)N(C)C)c2ccccc12)NC(=O)c1ccccc1F. The third kappa shape index (κ3) is 6.43. The first-order valence-electron chi connectivity index (χ1n) is 11.9. The van der Waals surface area contributed by atoms with Gasteiger partial charge in [0.1, 0.15) is 11.5 Å². The summed E-state index contributed by atoms with van der Waals surface area (Å²) in [5.74, 6) is -2.10. The molecule has 2 amide bonds. The summed E-state index contributed by atoms with van der Waals surface area (Å²) in [6.07, 6.45) is 2.79. The highest BCUT2D eigenvalue weighted by molar-refractivity contribution is 7.87. The molecule has 3 rings (SSSR count). The van der Waals surface area contributed by atoms with E-state index in [1.54, 1.807) is 24.3 Å². The highest BCUT2D eigenvalue weighted by Gasteiger charge is 2.22. The first-order valence-corrected chi connectivity index (χ1v) is 13.3. The molecule has 0 bridgehead atoms. The molecular formula is C26H32FN5O4S. The Morgan fingerprint density at radius 3 is 2.32 bits per heavy atom. The van der Waals surface area contributed by atoms with E-state index in [0.29, 0.717) is 29.6 Å². The maximum absolute atomic E-state index is 14.2. The Morgan fingerprint density at radius 2 is 1.68 bits per heavy atom. The molecule has 0 atom stereocenters. The number of halogens is 1. The Kier molecular flexibility index (Phi) is 9.19. The van der Waals surface area contributed by atoms with Crippen LogP contribution in [0.3, 0.4) is 0 Å². The van der Waals surface area contributed by atoms with Gasteiger partial charge in [0.15, 0.2) is 0 Å². The van der Waals surface area contributed by atoms with Crippen LogP contribution in [-0.2, 0) is 15.0 Å². The van der Waals surface area contributed by atoms with Gasteiger partial charge in [0.25, 0.3) is 11.8 Å². The second-order valence-electron chi connectivity index (χ2n) is 8.46. The number of likely N-dealkylation sites (N-methyl/N-ethyl adjacent to an activating group) is 1. The number of amides is 2. The van der Waals surface area contributed by atoms with Gasteiger partial charge in [-0.1, -0.05) is 44.2 Å². The quantitative estimate of drug-likeness (QED) is 0.372. The van der Waals surface area contributed by atoms with Gasteiger partial charge in [0.05, 0.1) is 11.1 Å². The van der Waals surface area contributed by atoms with Crippen molar-refractivity contribution in [2.75, 3.05) is 40.3 Å². The van der Waals surface area contributed by atoms with E-state index in [9.17, 15) is 22.4 Å². The van der Waals surface area contributed by atoms with Gasteiger partial charge in [-0.2, -0.15) is 12.7 Å². The number of hydrogen-bond acceptors (Lipinski definition) is 5. The van der Waals surface area contributed by atoms with Crippen LogP contribution in [0.25, 0.3) is 17.0 Å². The van der Waals surface area contributed by atoms with Gasteiger partial charge >= 0.3 is 10.2 Å². The number of hydrogen-bond donors (Lipinski definition) is 2. The summed E-state index contributed by atoms with van der Waals surface area (Å²) in [7, 11) is -1.02. The summed E-state index contributed by atoms with van der Waals surface area (Å²) >= 11 is 0. The molecule has 0 radical (unpaired) electrons. The molecule has 2 N–H and O–H groups in total. The fourth-order valence-electron chi connectivity index (χ4n) is 3.77. The van der Waals surface area contributed by atoms with E-state index in [2.05, 4.69) is 15.5 Å². The number of nitrogens with zero attached hydrogens (tertiary/aromatic N) is 3. The Hall–Kier alpha value is -3.54. The van der Waals surface area contributed by atoms with Crippen LogP contribution >= 0.6 is 0 Å². The average molecular weight is 530 g/mol. The van der Waals surface area contributed by atoms with Crippen LogP contribution in [0.1, 0.15) is 29.8 Å². The molecule has 0 spiro atoms. The summed E-state index contributed by atoms with van der Waals surface area (Å²) in [5, 5.41) is 5.85. The molecule has 3 aromatic rings. The summed E-state index contributed by atoms with van der Waals surface area (Å²) in [6, 6.07) is 12.3. The molecule has 2 aromatic carbocycles. The van der Waals surface area contributed by atoms with Gasteiger partial charge in [-0.25, -0.2) is 8.36 Å². The molecule has 1 heterocycles. The maximum Gasteiger partial charge on any atom is 0.307 e. The lowest BCUT2D eigenvalue weighted by Gasteiger charge is -2.18. The lowest BCUT2D eigenvalue weighted by Crippen LogP contribution is -2.39. The van der Waals surface area contributed by atoms with Crippen LogP contribution < -0.4 is 10.6 Å². The average Bonchev–Trinajstić information content (AvgIpc) is 3.25. The minimum Gasteiger partial charge on any atom is -0.349 e. The Morgan fingerprint density at radius 1 is 1.03 bits per heavy atom. The standard InChI is InChI=1S/C26H32FN5O4S/c1-5-31(6-2)16-15-28-26(34)23(29-25(33)21-12-7-9-13-22(21)27)17-19-18-32(37(35,36)30(3)4)24-14-10-8-11-20(19)24/h7-14,17-18H,5-6,15-16H2,1-4H3,(H,28,34)(H,29,33)/b23-17-. The van der Waals surface area contributed by atoms with Crippen molar-refractivity contribution in [2.24, 2.45) is 0 Å². The number of carbonyl (C=O) groups excluding carboxylic acids is 2. The fourth-order valence-corrected chi connectivity index (χ4v) is 4.78. The fraction of sp³-hybridized carbons (Fsp3) is 0.308. The molecule has 37 heavy (non-hydrogen) atoms. The second kappa shape index (κ2) is 12.1. The van der Waals surface area contributed by atoms with Crippen molar-refractivity contribution in [3.05, 3.63) is 77.4 Å². The lowest BCUT2D eigenvalue weighted by atomic mass is 10.1. The summed E-state index contributed by atoms with van der Waals surface area (Å²) in [5.41, 5.74) is 0.438. The molecule has 0 aliphatic heterocycles. The van der Waals surface area contributed by atoms with Crippen LogP contribution in [0.4, 0.5) is 4.39 Å². The van der Waals surface area contributed by atoms with E-state index in [1.165, 1.54) is 44.6 Å². The van der Waals surface area contributed by atoms with Gasteiger partial charge in [0, 0.05) is 44.3 Å². The van der Waals surface area contributed by atoms with Gasteiger partial charge in [-0.05, 0) is 37.4 Å². The Labute approximate surface area is 216 Å². The van der Waals surface area contributed by atoms with Crippen molar-refractivity contribution >= 4 is 39.0 Å². The Balaban J connectivity index is 2.04. The predicted octanol–water partition coefficient (Wildman–Crippen LogP) is 2.66. The van der Waals surface area contributed by atoms with E-state index >= 15 is 0 Å². The summed E-state index contributed by atoms with van der Waals surface area (Å²) in [6.45, 7) is 6.60. The van der Waals surface area contributed by atoms with Crippen molar-refractivity contribution in [3.8, 4) is 0 Å². The van der Waals surface area contributed by atoms with E-state index in [4.69, 9.17) is 0 Å². The minimum atomic E-state index is -3.86. The van der Waals surface area contributed by atoms with Crippen LogP contribution in [-0.4, -0.2) is 73.7 Å². The number of fused-ring (bicyclic) bond motifs is 1. The first-order chi connectivity index (χ1) is 17.6. The van der Waals surface area contributed by atoms with Crippen LogP contribution in [0.15, 0.2) is 60.4 Å². The zero-order valence-electron chi connectivity index (χ0n) is 21.4. The number of para-hydroxylation sites is 1. The van der Waals surface area contributed by atoms with E-state index in [0.717, 1.165) is 27.4 Å². The number of nitrogens with one attached hydrogen (secondary N) is 2. The topological polar surface area (TPSA) is 104 Å². The highest BCUT2D eigenvalue weighted by atomic mass is 32.2. The van der Waals surface area contributed by atoms with Crippen molar-refractivity contribution in [1.29, 1.82) is 0 Å². The molecule has 0 fully saturated rings. The van der Waals surface area contributed by atoms with Crippen molar-refractivity contribution in [3.63, 3.8) is 0 Å². The number of aromatic nitrogens is 1. The van der Waals surface area contributed by atoms with Crippen molar-refractivity contribution in [1.82, 2.24) is 23.8 Å². The smallest absolute Gasteiger partial charge is 0.307 e. The normalized spacial score (nSPS) is 12.4. The zero-order valence-corrected chi connectivity index (χ0v) is 22.2. The molecule has 198 valence electrons. The lowest BCUT2D eigenvalue weighted by molar-refractivity contribution is -0.117. The molecular weight excluding hydrogens is 497 g/mol. The molecule has 11 heteroatoms. The Bertz CT molecular complexity index is 1410.